The standard InChI is InChI=1S/C20H17N5O/c1-12-9-15(10-14-11-18(13(2)26)24-19(12)14)23-20-22-8-6-17(25-20)16-5-3-4-7-21-16/h3-11,24H,1-2H3,(H,22,23,25). The molecule has 0 amide bonds. The summed E-state index contributed by atoms with van der Waals surface area (Å²) in [5, 5.41) is 4.21. The molecule has 4 aromatic rings. The van der Waals surface area contributed by atoms with Crippen molar-refractivity contribution in [1.82, 2.24) is 19.9 Å². The summed E-state index contributed by atoms with van der Waals surface area (Å²) in [5.41, 5.74) is 5.01. The second-order valence-corrected chi connectivity index (χ2v) is 6.10. The second kappa shape index (κ2) is 6.40. The van der Waals surface area contributed by atoms with Gasteiger partial charge in [-0.3, -0.25) is 9.78 Å². The number of carbonyl (C=O) groups excluding carboxylic acids is 1. The van der Waals surface area contributed by atoms with Gasteiger partial charge in [-0.05, 0) is 48.9 Å². The fourth-order valence-corrected chi connectivity index (χ4v) is 2.89. The highest BCUT2D eigenvalue weighted by Gasteiger charge is 2.09. The van der Waals surface area contributed by atoms with E-state index in [2.05, 4.69) is 25.3 Å². The summed E-state index contributed by atoms with van der Waals surface area (Å²) < 4.78 is 0. The Labute approximate surface area is 150 Å². The van der Waals surface area contributed by atoms with Crippen LogP contribution in [0.1, 0.15) is 23.0 Å². The first kappa shape index (κ1) is 16.0. The average molecular weight is 343 g/mol. The highest BCUT2D eigenvalue weighted by molar-refractivity contribution is 5.99. The van der Waals surface area contributed by atoms with E-state index in [1.54, 1.807) is 19.3 Å². The molecule has 26 heavy (non-hydrogen) atoms. The molecule has 1 aromatic carbocycles. The van der Waals surface area contributed by atoms with E-state index in [4.69, 9.17) is 0 Å². The van der Waals surface area contributed by atoms with Crippen molar-refractivity contribution in [2.45, 2.75) is 13.8 Å². The zero-order valence-electron chi connectivity index (χ0n) is 14.4. The van der Waals surface area contributed by atoms with Crippen molar-refractivity contribution < 1.29 is 4.79 Å². The Bertz CT molecular complexity index is 1100. The first-order valence-corrected chi connectivity index (χ1v) is 8.26. The van der Waals surface area contributed by atoms with Gasteiger partial charge in [0.15, 0.2) is 5.78 Å². The monoisotopic (exact) mass is 343 g/mol. The second-order valence-electron chi connectivity index (χ2n) is 6.10. The van der Waals surface area contributed by atoms with Crippen LogP contribution in [0.5, 0.6) is 0 Å². The lowest BCUT2D eigenvalue weighted by atomic mass is 10.1. The molecule has 0 aliphatic carbocycles. The Balaban J connectivity index is 1.68. The number of pyridine rings is 1. The zero-order chi connectivity index (χ0) is 18.1. The lowest BCUT2D eigenvalue weighted by Gasteiger charge is -2.08. The van der Waals surface area contributed by atoms with E-state index in [0.29, 0.717) is 11.6 Å². The number of ketones is 1. The Morgan fingerprint density at radius 3 is 2.69 bits per heavy atom. The van der Waals surface area contributed by atoms with E-state index in [1.807, 2.05) is 49.4 Å². The Kier molecular flexibility index (Phi) is 3.93. The van der Waals surface area contributed by atoms with Crippen LogP contribution in [0.15, 0.2) is 54.9 Å². The topological polar surface area (TPSA) is 83.6 Å². The highest BCUT2D eigenvalue weighted by atomic mass is 16.1. The van der Waals surface area contributed by atoms with Gasteiger partial charge < -0.3 is 10.3 Å². The van der Waals surface area contributed by atoms with Gasteiger partial charge in [-0.15, -0.1) is 0 Å². The number of fused-ring (bicyclic) bond motifs is 1. The normalized spacial score (nSPS) is 10.8. The molecule has 6 heteroatoms. The number of carbonyl (C=O) groups is 1. The summed E-state index contributed by atoms with van der Waals surface area (Å²) in [4.78, 5) is 27.9. The number of hydrogen-bond donors (Lipinski definition) is 2. The number of H-pyrrole nitrogens is 1. The summed E-state index contributed by atoms with van der Waals surface area (Å²) in [6.07, 6.45) is 3.44. The number of hydrogen-bond acceptors (Lipinski definition) is 5. The summed E-state index contributed by atoms with van der Waals surface area (Å²) >= 11 is 0. The molecule has 0 bridgehead atoms. The van der Waals surface area contributed by atoms with Gasteiger partial charge >= 0.3 is 0 Å². The number of nitrogens with zero attached hydrogens (tertiary/aromatic N) is 3. The molecule has 0 radical (unpaired) electrons. The third kappa shape index (κ3) is 3.04. The minimum absolute atomic E-state index is 0.0153. The van der Waals surface area contributed by atoms with E-state index in [-0.39, 0.29) is 5.78 Å². The predicted octanol–water partition coefficient (Wildman–Crippen LogP) is 4.27. The van der Waals surface area contributed by atoms with E-state index in [0.717, 1.165) is 33.5 Å². The Morgan fingerprint density at radius 1 is 1.04 bits per heavy atom. The van der Waals surface area contributed by atoms with Crippen LogP contribution in [0.3, 0.4) is 0 Å². The number of Topliss-reactive ketones (excluding diaryl/α,β-unsaturated/α-hetero) is 1. The van der Waals surface area contributed by atoms with Crippen LogP contribution >= 0.6 is 0 Å². The smallest absolute Gasteiger partial charge is 0.227 e. The molecule has 0 aliphatic heterocycles. The molecule has 2 N–H and O–H groups in total. The van der Waals surface area contributed by atoms with E-state index >= 15 is 0 Å². The predicted molar refractivity (Wildman–Crippen MR) is 102 cm³/mol. The van der Waals surface area contributed by atoms with Crippen LogP contribution in [-0.4, -0.2) is 25.7 Å². The Hall–Kier alpha value is -3.54. The SMILES string of the molecule is CC(=O)c1cc2cc(Nc3nccc(-c4ccccn4)n3)cc(C)c2[nH]1. The van der Waals surface area contributed by atoms with Crippen molar-refractivity contribution >= 4 is 28.3 Å². The van der Waals surface area contributed by atoms with Gasteiger partial charge in [-0.25, -0.2) is 9.97 Å². The minimum Gasteiger partial charge on any atom is -0.352 e. The van der Waals surface area contributed by atoms with Crippen molar-refractivity contribution in [3.63, 3.8) is 0 Å². The van der Waals surface area contributed by atoms with Crippen LogP contribution in [0, 0.1) is 6.92 Å². The van der Waals surface area contributed by atoms with Gasteiger partial charge in [0, 0.05) is 35.9 Å². The molecular weight excluding hydrogens is 326 g/mol. The molecule has 6 nitrogen and oxygen atoms in total. The number of anilines is 2. The first-order chi connectivity index (χ1) is 12.6. The maximum atomic E-state index is 11.6. The van der Waals surface area contributed by atoms with E-state index < -0.39 is 0 Å². The van der Waals surface area contributed by atoms with Gasteiger partial charge in [0.05, 0.1) is 17.1 Å². The lowest BCUT2D eigenvalue weighted by Crippen LogP contribution is -1.98. The van der Waals surface area contributed by atoms with Crippen molar-refractivity contribution in [2.75, 3.05) is 5.32 Å². The fraction of sp³-hybridized carbons (Fsp3) is 0.100. The van der Waals surface area contributed by atoms with Gasteiger partial charge in [0.1, 0.15) is 0 Å². The Morgan fingerprint density at radius 2 is 1.92 bits per heavy atom. The molecule has 4 rings (SSSR count). The number of aromatic nitrogens is 4. The molecule has 0 aliphatic rings. The number of aromatic amines is 1. The molecular formula is C20H17N5O. The van der Waals surface area contributed by atoms with Gasteiger partial charge in [0.25, 0.3) is 0 Å². The molecule has 0 spiro atoms. The van der Waals surface area contributed by atoms with Gasteiger partial charge in [-0.2, -0.15) is 0 Å². The minimum atomic E-state index is 0.0153. The highest BCUT2D eigenvalue weighted by Crippen LogP contribution is 2.26. The third-order valence-electron chi connectivity index (χ3n) is 4.14. The number of benzene rings is 1. The van der Waals surface area contributed by atoms with E-state index in [1.165, 1.54) is 0 Å². The van der Waals surface area contributed by atoms with Crippen molar-refractivity contribution in [3.8, 4) is 11.4 Å². The van der Waals surface area contributed by atoms with Gasteiger partial charge in [0.2, 0.25) is 5.95 Å². The average Bonchev–Trinajstić information content (AvgIpc) is 3.08. The van der Waals surface area contributed by atoms with Crippen LogP contribution in [-0.2, 0) is 0 Å². The maximum absolute atomic E-state index is 11.6. The maximum Gasteiger partial charge on any atom is 0.227 e. The number of nitrogens with one attached hydrogen (secondary N) is 2. The summed E-state index contributed by atoms with van der Waals surface area (Å²) in [6, 6.07) is 13.4. The first-order valence-electron chi connectivity index (χ1n) is 8.26. The largest absolute Gasteiger partial charge is 0.352 e. The lowest BCUT2D eigenvalue weighted by molar-refractivity contribution is 0.101. The van der Waals surface area contributed by atoms with Gasteiger partial charge in [-0.1, -0.05) is 6.07 Å². The number of rotatable bonds is 4. The van der Waals surface area contributed by atoms with E-state index in [9.17, 15) is 4.79 Å². The van der Waals surface area contributed by atoms with Crippen LogP contribution < -0.4 is 5.32 Å². The molecule has 3 heterocycles. The van der Waals surface area contributed by atoms with Crippen LogP contribution in [0.2, 0.25) is 0 Å². The zero-order valence-corrected chi connectivity index (χ0v) is 14.4. The summed E-state index contributed by atoms with van der Waals surface area (Å²) in [5.74, 6) is 0.510. The number of aryl methyl sites for hydroxylation is 1. The summed E-state index contributed by atoms with van der Waals surface area (Å²) in [6.45, 7) is 3.55. The fourth-order valence-electron chi connectivity index (χ4n) is 2.89. The van der Waals surface area contributed by atoms with Crippen molar-refractivity contribution in [1.29, 1.82) is 0 Å². The third-order valence-corrected chi connectivity index (χ3v) is 4.14. The summed E-state index contributed by atoms with van der Waals surface area (Å²) in [7, 11) is 0. The van der Waals surface area contributed by atoms with Crippen LogP contribution in [0.4, 0.5) is 11.6 Å². The molecule has 0 fully saturated rings. The van der Waals surface area contributed by atoms with Crippen LogP contribution in [0.25, 0.3) is 22.3 Å². The molecule has 0 atom stereocenters. The molecule has 3 aromatic heterocycles. The van der Waals surface area contributed by atoms with Crippen molar-refractivity contribution in [2.24, 2.45) is 0 Å². The molecule has 0 saturated heterocycles. The quantitative estimate of drug-likeness (QED) is 0.541. The molecule has 0 saturated carbocycles. The molecule has 128 valence electrons. The molecule has 0 unspecified atom stereocenters. The van der Waals surface area contributed by atoms with Crippen molar-refractivity contribution in [3.05, 3.63) is 66.1 Å².